The normalized spacial score (nSPS) is 13.3. The van der Waals surface area contributed by atoms with E-state index in [1.165, 1.54) is 0 Å². The molecule has 1 nitrogen and oxygen atoms in total. The summed E-state index contributed by atoms with van der Waals surface area (Å²) in [4.78, 5) is 10.1. The number of carbonyl (C=O) groups excluding carboxylic acids is 1. The van der Waals surface area contributed by atoms with Gasteiger partial charge in [-0.05, 0) is 0 Å². The van der Waals surface area contributed by atoms with Crippen molar-refractivity contribution in [1.82, 2.24) is 0 Å². The molecule has 0 fully saturated rings. The molecule has 0 amide bonds. The van der Waals surface area contributed by atoms with Crippen molar-refractivity contribution in [2.24, 2.45) is 0 Å². The Labute approximate surface area is 83.5 Å². The van der Waals surface area contributed by atoms with E-state index < -0.39 is 8.67 Å². The third-order valence-electron chi connectivity index (χ3n) is 0.804. The first kappa shape index (κ1) is 11.1. The Balaban J connectivity index is 4.43. The molecule has 0 aliphatic heterocycles. The molecule has 0 unspecified atom stereocenters. The number of alkyl halides is 5. The van der Waals surface area contributed by atoms with Crippen LogP contribution in [-0.4, -0.2) is 20.8 Å². The van der Waals surface area contributed by atoms with Gasteiger partial charge >= 0.3 is 0 Å². The summed E-state index contributed by atoms with van der Waals surface area (Å²) in [6.07, 6.45) is 0.235. The molecule has 10 heavy (non-hydrogen) atoms. The first-order valence-corrected chi connectivity index (χ1v) is 4.20. The van der Waals surface area contributed by atoms with Crippen LogP contribution in [-0.2, 0) is 4.79 Å². The van der Waals surface area contributed by atoms with Gasteiger partial charge in [0.1, 0.15) is 0 Å². The molecule has 0 aromatic carbocycles. The first-order valence-electron chi connectivity index (χ1n) is 2.15. The molecule has 0 aliphatic rings. The molecule has 0 aliphatic carbocycles. The first-order chi connectivity index (χ1) is 4.37. The van der Waals surface area contributed by atoms with Crippen LogP contribution < -0.4 is 0 Å². The predicted octanol–water partition coefficient (Wildman–Crippen LogP) is 2.77. The van der Waals surface area contributed by atoms with E-state index in [0.717, 1.165) is 0 Å². The fraction of sp³-hybridized carbons (Fsp3) is 0.750. The summed E-state index contributed by atoms with van der Waals surface area (Å²) in [5, 5.41) is 0. The van der Waals surface area contributed by atoms with Crippen LogP contribution in [0.2, 0.25) is 0 Å². The van der Waals surface area contributed by atoms with Crippen LogP contribution in [0.3, 0.4) is 0 Å². The highest BCUT2D eigenvalue weighted by Crippen LogP contribution is 2.41. The van der Waals surface area contributed by atoms with Gasteiger partial charge in [0.2, 0.25) is 4.33 Å². The zero-order chi connectivity index (χ0) is 8.41. The van der Waals surface area contributed by atoms with Crippen molar-refractivity contribution in [2.45, 2.75) is 8.67 Å². The van der Waals surface area contributed by atoms with Crippen molar-refractivity contribution < 1.29 is 4.79 Å². The molecule has 0 bridgehead atoms. The molecule has 60 valence electrons. The Morgan fingerprint density at radius 2 is 1.60 bits per heavy atom. The van der Waals surface area contributed by atoms with E-state index in [1.54, 1.807) is 0 Å². The maximum Gasteiger partial charge on any atom is 0.206 e. The van der Waals surface area contributed by atoms with E-state index in [9.17, 15) is 4.79 Å². The molecule has 0 aromatic rings. The van der Waals surface area contributed by atoms with Crippen molar-refractivity contribution >= 4 is 64.3 Å². The van der Waals surface area contributed by atoms with Crippen LogP contribution in [0.1, 0.15) is 0 Å². The highest BCUT2D eigenvalue weighted by molar-refractivity contribution is 6.68. The minimum Gasteiger partial charge on any atom is -0.300 e. The summed E-state index contributed by atoms with van der Waals surface area (Å²) in [5.74, 6) is -0.220. The maximum absolute atomic E-state index is 10.1. The summed E-state index contributed by atoms with van der Waals surface area (Å²) in [6, 6.07) is 0. The summed E-state index contributed by atoms with van der Waals surface area (Å²) in [6.45, 7) is 0. The summed E-state index contributed by atoms with van der Waals surface area (Å²) >= 11 is 26.9. The second-order valence-corrected chi connectivity index (χ2v) is 4.72. The minimum atomic E-state index is -1.85. The lowest BCUT2D eigenvalue weighted by atomic mass is 10.3. The van der Waals surface area contributed by atoms with Gasteiger partial charge in [0.25, 0.3) is 0 Å². The summed E-state index contributed by atoms with van der Waals surface area (Å²) in [7, 11) is 0. The van der Waals surface area contributed by atoms with E-state index in [0.29, 0.717) is 0 Å². The molecular weight excluding hydrogens is 241 g/mol. The average Bonchev–Trinajstić information content (AvgIpc) is 1.88. The molecule has 6 heteroatoms. The van der Waals surface area contributed by atoms with Crippen LogP contribution in [0.25, 0.3) is 0 Å². The topological polar surface area (TPSA) is 17.1 Å². The zero-order valence-electron chi connectivity index (χ0n) is 4.58. The van der Waals surface area contributed by atoms with Gasteiger partial charge in [-0.3, -0.25) is 4.79 Å². The molecule has 0 saturated carbocycles. The number of halogens is 5. The predicted molar refractivity (Wildman–Crippen MR) is 45.7 cm³/mol. The van der Waals surface area contributed by atoms with Gasteiger partial charge in [-0.2, -0.15) is 0 Å². The SMILES string of the molecule is O=CC(Cl)(Cl)C(Cl)(Cl)CCl. The molecule has 0 radical (unpaired) electrons. The number of rotatable bonds is 3. The smallest absolute Gasteiger partial charge is 0.206 e. The third-order valence-corrected chi connectivity index (χ3v) is 3.55. The lowest BCUT2D eigenvalue weighted by Gasteiger charge is -2.25. The Kier molecular flexibility index (Phi) is 4.09. The second kappa shape index (κ2) is 3.68. The van der Waals surface area contributed by atoms with E-state index >= 15 is 0 Å². The van der Waals surface area contributed by atoms with Gasteiger partial charge < -0.3 is 0 Å². The van der Waals surface area contributed by atoms with Crippen molar-refractivity contribution in [1.29, 1.82) is 0 Å². The van der Waals surface area contributed by atoms with Crippen molar-refractivity contribution in [2.75, 3.05) is 5.88 Å². The largest absolute Gasteiger partial charge is 0.300 e. The van der Waals surface area contributed by atoms with Crippen molar-refractivity contribution in [3.05, 3.63) is 0 Å². The number of aldehydes is 1. The third kappa shape index (κ3) is 2.31. The van der Waals surface area contributed by atoms with Crippen molar-refractivity contribution in [3.63, 3.8) is 0 Å². The molecule has 0 atom stereocenters. The Morgan fingerprint density at radius 1 is 1.20 bits per heavy atom. The van der Waals surface area contributed by atoms with Gasteiger partial charge in [-0.15, -0.1) is 11.6 Å². The fourth-order valence-corrected chi connectivity index (χ4v) is 0.746. The van der Waals surface area contributed by atoms with Crippen LogP contribution in [0, 0.1) is 0 Å². The van der Waals surface area contributed by atoms with Gasteiger partial charge in [0.05, 0.1) is 5.88 Å². The zero-order valence-corrected chi connectivity index (χ0v) is 8.36. The Hall–Kier alpha value is 1.12. The number of hydrogen-bond acceptors (Lipinski definition) is 1. The maximum atomic E-state index is 10.1. The van der Waals surface area contributed by atoms with Gasteiger partial charge in [0, 0.05) is 0 Å². The minimum absolute atomic E-state index is 0.220. The number of carbonyl (C=O) groups is 1. The fourth-order valence-electron chi connectivity index (χ4n) is 0.175. The standard InChI is InChI=1S/C4H3Cl5O/c5-1-3(6,7)4(8,9)2-10/h2H,1H2. The molecule has 0 rings (SSSR count). The lowest BCUT2D eigenvalue weighted by molar-refractivity contribution is -0.108. The molecule has 0 N–H and O–H groups in total. The van der Waals surface area contributed by atoms with Crippen LogP contribution in [0.4, 0.5) is 0 Å². The Bertz CT molecular complexity index is 132. The lowest BCUT2D eigenvalue weighted by Crippen LogP contribution is -2.39. The highest BCUT2D eigenvalue weighted by atomic mass is 35.5. The molecule has 0 saturated heterocycles. The summed E-state index contributed by atoms with van der Waals surface area (Å²) in [5.41, 5.74) is 0. The van der Waals surface area contributed by atoms with E-state index in [-0.39, 0.29) is 12.2 Å². The monoisotopic (exact) mass is 242 g/mol. The van der Waals surface area contributed by atoms with E-state index in [4.69, 9.17) is 58.0 Å². The van der Waals surface area contributed by atoms with Crippen LogP contribution in [0.5, 0.6) is 0 Å². The molecule has 0 spiro atoms. The van der Waals surface area contributed by atoms with Gasteiger partial charge in [-0.1, -0.05) is 46.4 Å². The second-order valence-electron chi connectivity index (χ2n) is 1.58. The van der Waals surface area contributed by atoms with Gasteiger partial charge in [0.15, 0.2) is 10.6 Å². The molecular formula is C4H3Cl5O. The summed E-state index contributed by atoms with van der Waals surface area (Å²) < 4.78 is -3.49. The highest BCUT2D eigenvalue weighted by Gasteiger charge is 2.46. The van der Waals surface area contributed by atoms with E-state index in [1.807, 2.05) is 0 Å². The average molecular weight is 244 g/mol. The van der Waals surface area contributed by atoms with E-state index in [2.05, 4.69) is 0 Å². The van der Waals surface area contributed by atoms with Crippen LogP contribution >= 0.6 is 58.0 Å². The molecule has 0 heterocycles. The quantitative estimate of drug-likeness (QED) is 0.551. The van der Waals surface area contributed by atoms with Crippen molar-refractivity contribution in [3.8, 4) is 0 Å². The molecule has 0 aromatic heterocycles. The Morgan fingerprint density at radius 3 is 1.70 bits per heavy atom. The van der Waals surface area contributed by atoms with Gasteiger partial charge in [-0.25, -0.2) is 0 Å². The van der Waals surface area contributed by atoms with Crippen LogP contribution in [0.15, 0.2) is 0 Å². The number of hydrogen-bond donors (Lipinski definition) is 0.